The smallest absolute Gasteiger partial charge is 0.358 e. The van der Waals surface area contributed by atoms with Crippen LogP contribution in [-0.2, 0) is 51.2 Å². The first-order valence-electron chi connectivity index (χ1n) is 31.4. The summed E-state index contributed by atoms with van der Waals surface area (Å²) in [4.78, 5) is 135. The molecule has 1 fully saturated rings. The summed E-state index contributed by atoms with van der Waals surface area (Å²) in [5, 5.41) is 87.4. The van der Waals surface area contributed by atoms with Crippen LogP contribution in [0.4, 0.5) is 0 Å². The molecule has 1 saturated heterocycles. The van der Waals surface area contributed by atoms with Crippen LogP contribution >= 0.6 is 56.7 Å². The van der Waals surface area contributed by atoms with E-state index in [1.165, 1.54) is 60.0 Å². The molecule has 536 valence electrons. The van der Waals surface area contributed by atoms with Gasteiger partial charge in [-0.25, -0.2) is 39.5 Å². The molecule has 0 radical (unpaired) electrons. The fourth-order valence-electron chi connectivity index (χ4n) is 12.4. The van der Waals surface area contributed by atoms with Gasteiger partial charge in [-0.15, -0.1) is 56.7 Å². The summed E-state index contributed by atoms with van der Waals surface area (Å²) in [6.45, 7) is 4.37. The average Bonchev–Trinajstić information content (AvgIpc) is 1.56. The van der Waals surface area contributed by atoms with Crippen molar-refractivity contribution in [3.63, 3.8) is 0 Å². The van der Waals surface area contributed by atoms with Crippen molar-refractivity contribution in [1.29, 1.82) is 5.26 Å². The molecule has 4 aliphatic rings. The van der Waals surface area contributed by atoms with Crippen LogP contribution < -0.4 is 26.6 Å². The van der Waals surface area contributed by atoms with Crippen LogP contribution in [0.2, 0.25) is 0 Å². The van der Waals surface area contributed by atoms with E-state index in [4.69, 9.17) is 43.4 Å². The number of cyclic esters (lactones) is 2. The van der Waals surface area contributed by atoms with Gasteiger partial charge in [0.05, 0.1) is 55.8 Å². The number of aromatic hydroxyl groups is 1. The lowest BCUT2D eigenvalue weighted by molar-refractivity contribution is -0.280. The quantitative estimate of drug-likeness (QED) is 0.0473. The van der Waals surface area contributed by atoms with Crippen LogP contribution in [0.5, 0.6) is 5.75 Å². The Balaban J connectivity index is 1.02. The predicted molar refractivity (Wildman–Crippen MR) is 366 cm³/mol. The molecule has 11 atom stereocenters. The number of nitrogens with zero attached hydrogens (tertiary/aromatic N) is 10. The van der Waals surface area contributed by atoms with Crippen molar-refractivity contribution in [1.82, 2.24) is 71.0 Å². The van der Waals surface area contributed by atoms with Gasteiger partial charge in [0, 0.05) is 62.9 Å². The molecule has 102 heavy (non-hydrogen) atoms. The molecule has 5 amide bonds. The first-order valence-corrected chi connectivity index (χ1v) is 35.8. The molecule has 0 saturated carbocycles. The Morgan fingerprint density at radius 3 is 2.26 bits per heavy atom. The van der Waals surface area contributed by atoms with Gasteiger partial charge in [-0.05, 0) is 66.5 Å². The molecular weight excluding hydrogens is 1430 g/mol. The van der Waals surface area contributed by atoms with Gasteiger partial charge in [-0.1, -0.05) is 12.1 Å². The van der Waals surface area contributed by atoms with Crippen molar-refractivity contribution in [3.8, 4) is 44.5 Å². The van der Waals surface area contributed by atoms with Crippen LogP contribution in [0.15, 0.2) is 56.9 Å². The largest absolute Gasteiger partial charge is 0.506 e. The summed E-state index contributed by atoms with van der Waals surface area (Å²) in [6.07, 6.45) is -7.56. The second-order valence-corrected chi connectivity index (χ2v) is 29.0. The number of thiazole rings is 5. The van der Waals surface area contributed by atoms with Crippen LogP contribution in [0, 0.1) is 11.3 Å². The number of amides is 5. The number of rotatable bonds is 12. The number of benzene rings is 1. The van der Waals surface area contributed by atoms with E-state index in [9.17, 15) is 45.3 Å². The monoisotopic (exact) mass is 1490 g/mol. The van der Waals surface area contributed by atoms with Gasteiger partial charge in [0.1, 0.15) is 126 Å². The Labute approximate surface area is 599 Å². The van der Waals surface area contributed by atoms with Crippen LogP contribution in [0.3, 0.4) is 0 Å². The zero-order chi connectivity index (χ0) is 72.7. The third kappa shape index (κ3) is 14.7. The van der Waals surface area contributed by atoms with E-state index < -0.39 is 139 Å². The van der Waals surface area contributed by atoms with Crippen molar-refractivity contribution in [2.45, 2.75) is 114 Å². The van der Waals surface area contributed by atoms with E-state index in [-0.39, 0.29) is 124 Å². The van der Waals surface area contributed by atoms with Gasteiger partial charge in [-0.3, -0.25) is 24.0 Å². The number of hydrogen-bond acceptors (Lipinski definition) is 32. The number of pyridine rings is 1. The predicted octanol–water partition coefficient (Wildman–Crippen LogP) is 3.71. The minimum absolute atomic E-state index is 0.0113. The standard InChI is InChI=1S/C64H67N15O18S5/c1-26(81)43-56(87)75-44(27(2)92-8)59-70-38(25-100-59)55(86)76-47-49-50(97-41-15-64(4,90)51(77(5)6)28(3)96-41)63(89)94-18-29-10-9-11-39-42(29)32(19-93-49)48(79(39)91)62(88)95-20-33(67-53(84)36-24-102-61(47)72-36)58-68-34(21-99-58)45-31(57-69-37(22-98-57)54(85)74-43)14-40(82)46(73-45)60-71-35(23-101-60)52(83)66-30(16-65)17-78(7)12-13-80/h9-11,14,21-26,28,30,33,41,43,47,49-51,80-82,90-91H,12-13,15,17-20H2,1-8H3,(H,66,83)(H,67,84)(H,74,85)(H,75,87)(H,76,86)/b44-27+/t26?,28?,30-,33?,41?,43?,47?,49?,50?,51?,64?/m1/s1. The lowest BCUT2D eigenvalue weighted by Gasteiger charge is -2.48. The maximum absolute atomic E-state index is 15.2. The summed E-state index contributed by atoms with van der Waals surface area (Å²) >= 11 is 4.52. The normalized spacial score (nSPS) is 23.9. The number of allylic oxidation sites excluding steroid dienone is 1. The Hall–Kier alpha value is -9.34. The molecule has 12 rings (SSSR count). The molecule has 12 bridgehead atoms. The minimum Gasteiger partial charge on any atom is -0.506 e. The molecule has 7 aromatic heterocycles. The zero-order valence-corrected chi connectivity index (χ0v) is 59.6. The van der Waals surface area contributed by atoms with Gasteiger partial charge in [-0.2, -0.15) is 9.99 Å². The average molecular weight is 1490 g/mol. The number of esters is 2. The fourth-order valence-corrected chi connectivity index (χ4v) is 16.6. The van der Waals surface area contributed by atoms with E-state index in [2.05, 4.69) is 41.5 Å². The highest BCUT2D eigenvalue weighted by Gasteiger charge is 2.50. The number of nitrogens with one attached hydrogen (secondary N) is 5. The van der Waals surface area contributed by atoms with Crippen LogP contribution in [-0.4, -0.2) is 221 Å². The van der Waals surface area contributed by atoms with Gasteiger partial charge >= 0.3 is 11.9 Å². The summed E-state index contributed by atoms with van der Waals surface area (Å²) < 4.78 is 38.3. The van der Waals surface area contributed by atoms with Gasteiger partial charge in [0.2, 0.25) is 5.91 Å². The molecule has 10 N–H and O–H groups in total. The Kier molecular flexibility index (Phi) is 21.3. The molecule has 38 heteroatoms. The molecule has 33 nitrogen and oxygen atoms in total. The highest BCUT2D eigenvalue weighted by molar-refractivity contribution is 7.14. The highest BCUT2D eigenvalue weighted by atomic mass is 32.1. The van der Waals surface area contributed by atoms with Gasteiger partial charge in [0.25, 0.3) is 23.6 Å². The van der Waals surface area contributed by atoms with Crippen molar-refractivity contribution in [2.24, 2.45) is 0 Å². The molecule has 11 heterocycles. The van der Waals surface area contributed by atoms with Crippen molar-refractivity contribution < 1.29 is 87.6 Å². The number of hydrogen-bond donors (Lipinski definition) is 10. The van der Waals surface area contributed by atoms with Crippen LogP contribution in [0.1, 0.15) is 125 Å². The number of fused-ring (bicyclic) bond motifs is 15. The SMILES string of the molecule is CO/C(C)=C1/NC(=O)C(C(C)O)NC(=O)c2csc(n2)-c2cc(O)c(-c3nc(C(=O)N[C@H](C#N)CN(C)CCO)cs3)nc2-c2csc(n2)C2COC(=O)c3c4c5c(cccc5n3O)COC(=O)C(OC3CC(C)(O)C(N(C)C)C(C)O3)C(OC4)C(NC(=O)c3csc1n3)c1nc(cs1)C(=O)N2. The second kappa shape index (κ2) is 29.9. The summed E-state index contributed by atoms with van der Waals surface area (Å²) in [7, 11) is 6.51. The van der Waals surface area contributed by atoms with E-state index in [1.807, 2.05) is 6.07 Å². The van der Waals surface area contributed by atoms with Crippen molar-refractivity contribution >= 4 is 115 Å². The van der Waals surface area contributed by atoms with Crippen molar-refractivity contribution in [3.05, 3.63) is 112 Å². The second-order valence-electron chi connectivity index (χ2n) is 24.7. The third-order valence-corrected chi connectivity index (χ3v) is 21.7. The Bertz CT molecular complexity index is 4670. The van der Waals surface area contributed by atoms with Gasteiger partial charge < -0.3 is 90.4 Å². The zero-order valence-electron chi connectivity index (χ0n) is 55.5. The number of carbonyl (C=O) groups excluding carboxylic acids is 7. The minimum atomic E-state index is -1.92. The molecule has 10 unspecified atom stereocenters. The van der Waals surface area contributed by atoms with E-state index >= 15 is 19.2 Å². The number of nitriles is 1. The summed E-state index contributed by atoms with van der Waals surface area (Å²) in [5.41, 5.74) is -2.72. The Morgan fingerprint density at radius 1 is 0.873 bits per heavy atom. The topological polar surface area (TPSA) is 449 Å². The number of aliphatic hydroxyl groups excluding tert-OH is 2. The van der Waals surface area contributed by atoms with Crippen molar-refractivity contribution in [2.75, 3.05) is 54.6 Å². The summed E-state index contributed by atoms with van der Waals surface area (Å²) in [6, 6.07) is 1.67. The Morgan fingerprint density at radius 2 is 1.55 bits per heavy atom. The number of ether oxygens (including phenoxy) is 6. The van der Waals surface area contributed by atoms with E-state index in [1.54, 1.807) is 56.9 Å². The molecular formula is C64H67N15O18S5. The summed E-state index contributed by atoms with van der Waals surface area (Å²) in [5.74, 6) is -7.12. The van der Waals surface area contributed by atoms with Gasteiger partial charge in [0.15, 0.2) is 18.1 Å². The number of carbonyl (C=O) groups is 7. The van der Waals surface area contributed by atoms with E-state index in [0.29, 0.717) is 10.3 Å². The maximum atomic E-state index is 15.2. The van der Waals surface area contributed by atoms with Crippen LogP contribution in [0.25, 0.3) is 49.3 Å². The molecule has 8 aromatic rings. The van der Waals surface area contributed by atoms with E-state index in [0.717, 1.165) is 56.7 Å². The molecule has 0 spiro atoms. The number of likely N-dealkylation sites (N-methyl/N-ethyl adjacent to an activating group) is 2. The third-order valence-electron chi connectivity index (χ3n) is 17.2. The number of aliphatic hydroxyl groups is 3. The fraction of sp³-hybridized carbons (Fsp3) is 0.406. The highest BCUT2D eigenvalue weighted by Crippen LogP contribution is 2.43. The molecule has 0 aliphatic carbocycles. The number of methoxy groups -OCH3 is 1. The first-order chi connectivity index (χ1) is 48.7. The number of aromatic nitrogens is 7. The maximum Gasteiger partial charge on any atom is 0.358 e. The molecule has 4 aliphatic heterocycles. The molecule has 1 aromatic carbocycles. The lowest BCUT2D eigenvalue weighted by atomic mass is 9.85. The first kappa shape index (κ1) is 72.4. The lowest BCUT2D eigenvalue weighted by Crippen LogP contribution is -2.62.